The third-order valence-electron chi connectivity index (χ3n) is 4.19. The fourth-order valence-electron chi connectivity index (χ4n) is 2.76. The summed E-state index contributed by atoms with van der Waals surface area (Å²) in [6.45, 7) is 1.97. The first-order chi connectivity index (χ1) is 13.5. The van der Waals surface area contributed by atoms with Gasteiger partial charge in [0.15, 0.2) is 0 Å². The fourth-order valence-corrected chi connectivity index (χ4v) is 4.19. The zero-order valence-electron chi connectivity index (χ0n) is 15.1. The van der Waals surface area contributed by atoms with Gasteiger partial charge in [0.2, 0.25) is 10.0 Å². The fraction of sp³-hybridized carbons (Fsp3) is 0.353. The molecule has 0 atom stereocenters. The van der Waals surface area contributed by atoms with Crippen LogP contribution < -0.4 is 10.6 Å². The molecule has 1 saturated heterocycles. The molecular formula is C17H21N5O5S. The van der Waals surface area contributed by atoms with E-state index in [2.05, 4.69) is 15.6 Å². The van der Waals surface area contributed by atoms with Crippen LogP contribution >= 0.6 is 0 Å². The molecule has 2 N–H and O–H groups in total. The molecule has 0 aliphatic carbocycles. The normalized spacial score (nSPS) is 15.1. The molecule has 11 heteroatoms. The number of nitro groups is 1. The van der Waals surface area contributed by atoms with Crippen molar-refractivity contribution in [3.05, 3.63) is 52.7 Å². The summed E-state index contributed by atoms with van der Waals surface area (Å²) in [7, 11) is -3.80. The second-order valence-electron chi connectivity index (χ2n) is 6.02. The molecule has 28 heavy (non-hydrogen) atoms. The molecule has 0 bridgehead atoms. The number of benzene rings is 1. The molecule has 1 aliphatic heterocycles. The van der Waals surface area contributed by atoms with Gasteiger partial charge in [-0.2, -0.15) is 4.31 Å². The first-order valence-corrected chi connectivity index (χ1v) is 10.2. The van der Waals surface area contributed by atoms with Crippen molar-refractivity contribution in [2.75, 3.05) is 50.0 Å². The number of aromatic nitrogens is 1. The van der Waals surface area contributed by atoms with Crippen LogP contribution in [0.5, 0.6) is 0 Å². The lowest BCUT2D eigenvalue weighted by Gasteiger charge is -2.26. The summed E-state index contributed by atoms with van der Waals surface area (Å²) in [5, 5.41) is 17.5. The van der Waals surface area contributed by atoms with E-state index in [1.54, 1.807) is 12.3 Å². The van der Waals surface area contributed by atoms with Gasteiger partial charge in [-0.1, -0.05) is 6.07 Å². The number of rotatable bonds is 8. The van der Waals surface area contributed by atoms with Crippen LogP contribution in [0.4, 0.5) is 17.2 Å². The molecule has 0 spiro atoms. The van der Waals surface area contributed by atoms with Crippen molar-refractivity contribution in [1.82, 2.24) is 9.29 Å². The van der Waals surface area contributed by atoms with Crippen LogP contribution in [0, 0.1) is 10.1 Å². The second-order valence-corrected chi connectivity index (χ2v) is 7.96. The van der Waals surface area contributed by atoms with E-state index in [0.29, 0.717) is 32.1 Å². The molecule has 10 nitrogen and oxygen atoms in total. The number of hydrogen-bond donors (Lipinski definition) is 2. The lowest BCUT2D eigenvalue weighted by Crippen LogP contribution is -2.40. The molecule has 3 rings (SSSR count). The number of sulfonamides is 1. The van der Waals surface area contributed by atoms with Crippen LogP contribution in [0.15, 0.2) is 47.5 Å². The standard InChI is InChI=1S/C17H21N5O5S/c23-22(24)16-13-14(28(25,26)21-9-11-27-12-10-21)4-5-15(16)18-7-8-20-17-3-1-2-6-19-17/h1-6,13,18H,7-12H2,(H,19,20). The Morgan fingerprint density at radius 1 is 1.14 bits per heavy atom. The minimum Gasteiger partial charge on any atom is -0.379 e. The highest BCUT2D eigenvalue weighted by atomic mass is 32.2. The highest BCUT2D eigenvalue weighted by molar-refractivity contribution is 7.89. The van der Waals surface area contributed by atoms with Crippen LogP contribution in [0.2, 0.25) is 0 Å². The summed E-state index contributed by atoms with van der Waals surface area (Å²) in [5.74, 6) is 0.700. The van der Waals surface area contributed by atoms with Crippen LogP contribution in [0.1, 0.15) is 0 Å². The molecular weight excluding hydrogens is 386 g/mol. The highest BCUT2D eigenvalue weighted by Gasteiger charge is 2.28. The number of ether oxygens (including phenoxy) is 1. The number of anilines is 2. The van der Waals surface area contributed by atoms with Crippen LogP contribution in [0.3, 0.4) is 0 Å². The van der Waals surface area contributed by atoms with Gasteiger partial charge in [0, 0.05) is 38.4 Å². The van der Waals surface area contributed by atoms with Crippen molar-refractivity contribution in [2.45, 2.75) is 4.90 Å². The summed E-state index contributed by atoms with van der Waals surface area (Å²) in [6.07, 6.45) is 1.66. The van der Waals surface area contributed by atoms with Gasteiger partial charge in [-0.3, -0.25) is 10.1 Å². The van der Waals surface area contributed by atoms with E-state index in [9.17, 15) is 18.5 Å². The zero-order chi connectivity index (χ0) is 20.0. The average molecular weight is 407 g/mol. The molecule has 2 aromatic rings. The molecule has 150 valence electrons. The number of morpholine rings is 1. The van der Waals surface area contributed by atoms with Crippen molar-refractivity contribution in [3.63, 3.8) is 0 Å². The molecule has 0 saturated carbocycles. The van der Waals surface area contributed by atoms with E-state index < -0.39 is 14.9 Å². The van der Waals surface area contributed by atoms with Gasteiger partial charge in [-0.25, -0.2) is 13.4 Å². The number of nitrogens with one attached hydrogen (secondary N) is 2. The molecule has 0 unspecified atom stereocenters. The highest BCUT2D eigenvalue weighted by Crippen LogP contribution is 2.29. The summed E-state index contributed by atoms with van der Waals surface area (Å²) >= 11 is 0. The van der Waals surface area contributed by atoms with Crippen molar-refractivity contribution < 1.29 is 18.1 Å². The Kier molecular flexibility index (Phi) is 6.39. The zero-order valence-corrected chi connectivity index (χ0v) is 15.9. The maximum Gasteiger partial charge on any atom is 0.293 e. The average Bonchev–Trinajstić information content (AvgIpc) is 2.72. The van der Waals surface area contributed by atoms with Gasteiger partial charge in [0.25, 0.3) is 5.69 Å². The van der Waals surface area contributed by atoms with E-state index in [0.717, 1.165) is 6.07 Å². The molecule has 1 aliphatic rings. The van der Waals surface area contributed by atoms with Crippen LogP contribution in [0.25, 0.3) is 0 Å². The lowest BCUT2D eigenvalue weighted by atomic mass is 10.2. The molecule has 0 amide bonds. The number of hydrogen-bond acceptors (Lipinski definition) is 8. The van der Waals surface area contributed by atoms with E-state index >= 15 is 0 Å². The summed E-state index contributed by atoms with van der Waals surface area (Å²) in [5.41, 5.74) is -0.0269. The van der Waals surface area contributed by atoms with Crippen molar-refractivity contribution in [3.8, 4) is 0 Å². The Hall–Kier alpha value is -2.76. The van der Waals surface area contributed by atoms with Gasteiger partial charge in [-0.15, -0.1) is 0 Å². The van der Waals surface area contributed by atoms with E-state index in [4.69, 9.17) is 4.74 Å². The Morgan fingerprint density at radius 2 is 1.89 bits per heavy atom. The van der Waals surface area contributed by atoms with Crippen molar-refractivity contribution in [2.24, 2.45) is 0 Å². The van der Waals surface area contributed by atoms with Gasteiger partial charge in [-0.05, 0) is 24.3 Å². The first kappa shape index (κ1) is 20.0. The van der Waals surface area contributed by atoms with E-state index in [-0.39, 0.29) is 29.4 Å². The van der Waals surface area contributed by atoms with E-state index in [1.807, 2.05) is 12.1 Å². The minimum absolute atomic E-state index is 0.0988. The third kappa shape index (κ3) is 4.74. The van der Waals surface area contributed by atoms with Crippen molar-refractivity contribution in [1.29, 1.82) is 0 Å². The van der Waals surface area contributed by atoms with Gasteiger partial charge >= 0.3 is 0 Å². The predicted octanol–water partition coefficient (Wildman–Crippen LogP) is 1.53. The van der Waals surface area contributed by atoms with Gasteiger partial charge < -0.3 is 15.4 Å². The topological polar surface area (TPSA) is 127 Å². The van der Waals surface area contributed by atoms with E-state index in [1.165, 1.54) is 16.4 Å². The Labute approximate surface area is 162 Å². The maximum absolute atomic E-state index is 12.7. The van der Waals surface area contributed by atoms with Crippen LogP contribution in [-0.2, 0) is 14.8 Å². The van der Waals surface area contributed by atoms with Gasteiger partial charge in [0.05, 0.1) is 23.0 Å². The summed E-state index contributed by atoms with van der Waals surface area (Å²) < 4.78 is 31.8. The SMILES string of the molecule is O=[N+]([O-])c1cc(S(=O)(=O)N2CCOCC2)ccc1NCCNc1ccccn1. The molecule has 1 fully saturated rings. The monoisotopic (exact) mass is 407 g/mol. The largest absolute Gasteiger partial charge is 0.379 e. The summed E-state index contributed by atoms with van der Waals surface area (Å²) in [4.78, 5) is 14.9. The number of nitro benzene ring substituents is 1. The third-order valence-corrected chi connectivity index (χ3v) is 6.08. The maximum atomic E-state index is 12.7. The number of pyridine rings is 1. The number of nitrogens with zero attached hydrogens (tertiary/aromatic N) is 3. The molecule has 0 radical (unpaired) electrons. The molecule has 2 heterocycles. The lowest BCUT2D eigenvalue weighted by molar-refractivity contribution is -0.384. The Morgan fingerprint density at radius 3 is 2.57 bits per heavy atom. The van der Waals surface area contributed by atoms with Gasteiger partial charge in [0.1, 0.15) is 11.5 Å². The second kappa shape index (κ2) is 8.95. The Bertz CT molecular complexity index is 917. The van der Waals surface area contributed by atoms with Crippen molar-refractivity contribution >= 4 is 27.2 Å². The molecule has 1 aromatic heterocycles. The first-order valence-electron chi connectivity index (χ1n) is 8.73. The minimum atomic E-state index is -3.80. The smallest absolute Gasteiger partial charge is 0.293 e. The quantitative estimate of drug-likeness (QED) is 0.383. The predicted molar refractivity (Wildman–Crippen MR) is 104 cm³/mol. The molecule has 1 aromatic carbocycles. The van der Waals surface area contributed by atoms with Crippen LogP contribution in [-0.4, -0.2) is 62.0 Å². The Balaban J connectivity index is 1.69. The summed E-state index contributed by atoms with van der Waals surface area (Å²) in [6, 6.07) is 9.37.